The van der Waals surface area contributed by atoms with Gasteiger partial charge in [-0.25, -0.2) is 0 Å². The van der Waals surface area contributed by atoms with Crippen LogP contribution in [0.2, 0.25) is 0 Å². The molecule has 26 heavy (non-hydrogen) atoms. The van der Waals surface area contributed by atoms with Gasteiger partial charge in [0, 0.05) is 43.6 Å². The molecule has 1 heterocycles. The Morgan fingerprint density at radius 3 is 2.23 bits per heavy atom. The summed E-state index contributed by atoms with van der Waals surface area (Å²) >= 11 is 0. The van der Waals surface area contributed by atoms with E-state index < -0.39 is 5.41 Å². The van der Waals surface area contributed by atoms with Gasteiger partial charge >= 0.3 is 0 Å². The maximum absolute atomic E-state index is 12.6. The second-order valence-electron chi connectivity index (χ2n) is 7.66. The quantitative estimate of drug-likeness (QED) is 0.764. The molecule has 6 heteroatoms. The predicted octanol–water partition coefficient (Wildman–Crippen LogP) is 2.07. The zero-order valence-corrected chi connectivity index (χ0v) is 16.0. The van der Waals surface area contributed by atoms with Crippen LogP contribution in [0, 0.1) is 5.41 Å². The fourth-order valence-electron chi connectivity index (χ4n) is 3.22. The molecule has 1 saturated carbocycles. The molecule has 1 aromatic rings. The highest BCUT2D eigenvalue weighted by Crippen LogP contribution is 2.47. The van der Waals surface area contributed by atoms with E-state index in [0.29, 0.717) is 12.8 Å². The molecule has 1 aliphatic heterocycles. The molecule has 2 fully saturated rings. The number of piperazine rings is 1. The van der Waals surface area contributed by atoms with Crippen LogP contribution in [-0.4, -0.2) is 56.0 Å². The Morgan fingerprint density at radius 1 is 1.08 bits per heavy atom. The Morgan fingerprint density at radius 2 is 1.69 bits per heavy atom. The summed E-state index contributed by atoms with van der Waals surface area (Å²) in [6.45, 7) is 8.14. The number of hydrogen-bond donors (Lipinski definition) is 2. The van der Waals surface area contributed by atoms with Crippen molar-refractivity contribution in [1.82, 2.24) is 10.2 Å². The molecule has 3 rings (SSSR count). The van der Waals surface area contributed by atoms with Gasteiger partial charge in [-0.15, -0.1) is 0 Å². The number of amides is 2. The Labute approximate surface area is 155 Å². The molecule has 0 bridgehead atoms. The molecule has 1 aliphatic carbocycles. The van der Waals surface area contributed by atoms with Crippen molar-refractivity contribution >= 4 is 23.2 Å². The minimum Gasteiger partial charge on any atom is -0.369 e. The Balaban J connectivity index is 1.58. The smallest absolute Gasteiger partial charge is 0.240 e. The molecule has 2 aliphatic rings. The zero-order valence-electron chi connectivity index (χ0n) is 16.0. The molecule has 142 valence electrons. The zero-order chi connectivity index (χ0) is 18.7. The number of rotatable bonds is 6. The van der Waals surface area contributed by atoms with Crippen LogP contribution in [0.25, 0.3) is 0 Å². The normalized spacial score (nSPS) is 20.3. The highest BCUT2D eigenvalue weighted by Gasteiger charge is 2.56. The van der Waals surface area contributed by atoms with Gasteiger partial charge in [0.2, 0.25) is 11.8 Å². The van der Waals surface area contributed by atoms with Gasteiger partial charge in [-0.1, -0.05) is 6.92 Å². The van der Waals surface area contributed by atoms with Crippen LogP contribution in [0.4, 0.5) is 11.4 Å². The van der Waals surface area contributed by atoms with Gasteiger partial charge in [-0.2, -0.15) is 0 Å². The average Bonchev–Trinajstić information content (AvgIpc) is 3.45. The minimum atomic E-state index is -0.875. The van der Waals surface area contributed by atoms with Crippen LogP contribution in [-0.2, 0) is 9.59 Å². The molecular formula is C20H30N4O2. The third-order valence-corrected chi connectivity index (χ3v) is 5.60. The lowest BCUT2D eigenvalue weighted by molar-refractivity contribution is -0.134. The predicted molar refractivity (Wildman–Crippen MR) is 104 cm³/mol. The summed E-state index contributed by atoms with van der Waals surface area (Å²) in [6, 6.07) is 8.03. The maximum atomic E-state index is 12.6. The van der Waals surface area contributed by atoms with Crippen molar-refractivity contribution in [2.75, 3.05) is 43.4 Å². The summed E-state index contributed by atoms with van der Waals surface area (Å²) in [5.74, 6) is -0.330. The third-order valence-electron chi connectivity index (χ3n) is 5.60. The number of nitrogens with zero attached hydrogens (tertiary/aromatic N) is 2. The number of anilines is 2. The maximum Gasteiger partial charge on any atom is 0.240 e. The van der Waals surface area contributed by atoms with Crippen LogP contribution in [0.3, 0.4) is 0 Å². The van der Waals surface area contributed by atoms with Crippen LogP contribution in [0.5, 0.6) is 0 Å². The summed E-state index contributed by atoms with van der Waals surface area (Å²) < 4.78 is 0. The first kappa shape index (κ1) is 18.7. The molecular weight excluding hydrogens is 328 g/mol. The average molecular weight is 358 g/mol. The SMILES string of the molecule is CCC(C)NC(=O)C1(C(=O)Nc2ccc(N3CCN(C)CC3)cc2)CC1. The summed E-state index contributed by atoms with van der Waals surface area (Å²) in [7, 11) is 2.14. The van der Waals surface area contributed by atoms with Crippen molar-refractivity contribution < 1.29 is 9.59 Å². The lowest BCUT2D eigenvalue weighted by atomic mass is 10.0. The molecule has 2 amide bonds. The first-order valence-corrected chi connectivity index (χ1v) is 9.60. The van der Waals surface area contributed by atoms with Crippen molar-refractivity contribution in [3.05, 3.63) is 24.3 Å². The summed E-state index contributed by atoms with van der Waals surface area (Å²) in [5.41, 5.74) is 1.04. The van der Waals surface area contributed by atoms with Crippen LogP contribution in [0.15, 0.2) is 24.3 Å². The van der Waals surface area contributed by atoms with Gasteiger partial charge in [0.15, 0.2) is 0 Å². The molecule has 1 saturated heterocycles. The van der Waals surface area contributed by atoms with Crippen molar-refractivity contribution in [2.45, 2.75) is 39.2 Å². The summed E-state index contributed by atoms with van der Waals surface area (Å²) in [5, 5.41) is 5.87. The number of carbonyl (C=O) groups excluding carboxylic acids is 2. The van der Waals surface area contributed by atoms with E-state index in [1.54, 1.807) is 0 Å². The molecule has 6 nitrogen and oxygen atoms in total. The number of carbonyl (C=O) groups is 2. The fraction of sp³-hybridized carbons (Fsp3) is 0.600. The molecule has 1 aromatic carbocycles. The molecule has 2 N–H and O–H groups in total. The minimum absolute atomic E-state index is 0.0932. The molecule has 1 atom stereocenters. The van der Waals surface area contributed by atoms with Crippen molar-refractivity contribution in [3.63, 3.8) is 0 Å². The van der Waals surface area contributed by atoms with Gasteiger partial charge in [0.05, 0.1) is 0 Å². The largest absolute Gasteiger partial charge is 0.369 e. The summed E-state index contributed by atoms with van der Waals surface area (Å²) in [4.78, 5) is 29.8. The highest BCUT2D eigenvalue weighted by molar-refractivity contribution is 6.13. The molecule has 0 aromatic heterocycles. The van der Waals surface area contributed by atoms with Gasteiger partial charge in [0.1, 0.15) is 5.41 Å². The van der Waals surface area contributed by atoms with E-state index >= 15 is 0 Å². The molecule has 0 spiro atoms. The standard InChI is InChI=1S/C20H30N4O2/c1-4-15(2)21-18(25)20(9-10-20)19(26)22-16-5-7-17(8-6-16)24-13-11-23(3)12-14-24/h5-8,15H,4,9-14H2,1-3H3,(H,21,25)(H,22,26). The molecule has 1 unspecified atom stereocenters. The number of likely N-dealkylation sites (N-methyl/N-ethyl adjacent to an activating group) is 1. The lowest BCUT2D eigenvalue weighted by Gasteiger charge is -2.34. The Hall–Kier alpha value is -2.08. The van der Waals surface area contributed by atoms with Gasteiger partial charge in [0.25, 0.3) is 0 Å². The van der Waals surface area contributed by atoms with E-state index in [2.05, 4.69) is 27.5 Å². The van der Waals surface area contributed by atoms with Crippen LogP contribution >= 0.6 is 0 Å². The third kappa shape index (κ3) is 4.01. The molecule has 0 radical (unpaired) electrons. The van der Waals surface area contributed by atoms with E-state index in [4.69, 9.17) is 0 Å². The van der Waals surface area contributed by atoms with Crippen molar-refractivity contribution in [3.8, 4) is 0 Å². The number of hydrogen-bond acceptors (Lipinski definition) is 4. The van der Waals surface area contributed by atoms with E-state index in [1.807, 2.05) is 38.1 Å². The Bertz CT molecular complexity index is 646. The van der Waals surface area contributed by atoms with Crippen LogP contribution in [0.1, 0.15) is 33.1 Å². The summed E-state index contributed by atoms with van der Waals surface area (Å²) in [6.07, 6.45) is 2.11. The van der Waals surface area contributed by atoms with Crippen LogP contribution < -0.4 is 15.5 Å². The van der Waals surface area contributed by atoms with Gasteiger partial charge < -0.3 is 20.4 Å². The second-order valence-corrected chi connectivity index (χ2v) is 7.66. The first-order chi connectivity index (χ1) is 12.4. The monoisotopic (exact) mass is 358 g/mol. The highest BCUT2D eigenvalue weighted by atomic mass is 16.2. The van der Waals surface area contributed by atoms with E-state index in [1.165, 1.54) is 5.69 Å². The number of benzene rings is 1. The van der Waals surface area contributed by atoms with E-state index in [-0.39, 0.29) is 17.9 Å². The van der Waals surface area contributed by atoms with E-state index in [0.717, 1.165) is 38.3 Å². The second kappa shape index (κ2) is 7.66. The van der Waals surface area contributed by atoms with Crippen molar-refractivity contribution in [2.24, 2.45) is 5.41 Å². The lowest BCUT2D eigenvalue weighted by Crippen LogP contribution is -2.44. The Kier molecular flexibility index (Phi) is 5.51. The number of nitrogens with one attached hydrogen (secondary N) is 2. The fourth-order valence-corrected chi connectivity index (χ4v) is 3.22. The van der Waals surface area contributed by atoms with Gasteiger partial charge in [-0.3, -0.25) is 9.59 Å². The van der Waals surface area contributed by atoms with Crippen molar-refractivity contribution in [1.29, 1.82) is 0 Å². The van der Waals surface area contributed by atoms with E-state index in [9.17, 15) is 9.59 Å². The van der Waals surface area contributed by atoms with Gasteiger partial charge in [-0.05, 0) is 57.5 Å². The topological polar surface area (TPSA) is 64.7 Å². The first-order valence-electron chi connectivity index (χ1n) is 9.60.